The van der Waals surface area contributed by atoms with Gasteiger partial charge < -0.3 is 14.2 Å². The fraction of sp³-hybridized carbons (Fsp3) is 0.524. The summed E-state index contributed by atoms with van der Waals surface area (Å²) in [5.41, 5.74) is 0.173. The van der Waals surface area contributed by atoms with Crippen molar-refractivity contribution in [2.45, 2.75) is 37.0 Å². The zero-order chi connectivity index (χ0) is 26.7. The second-order valence-corrected chi connectivity index (χ2v) is 10.8. The molecular weight excluding hydrogens is 531 g/mol. The van der Waals surface area contributed by atoms with Crippen LogP contribution in [0.15, 0.2) is 18.7 Å². The predicted molar refractivity (Wildman–Crippen MR) is 130 cm³/mol. The van der Waals surface area contributed by atoms with Crippen LogP contribution >= 0.6 is 11.6 Å². The van der Waals surface area contributed by atoms with Gasteiger partial charge in [-0.25, -0.2) is 18.4 Å². The highest BCUT2D eigenvalue weighted by molar-refractivity contribution is 7.93. The Bertz CT molecular complexity index is 1320. The van der Waals surface area contributed by atoms with Gasteiger partial charge in [-0.05, 0) is 25.7 Å². The zero-order valence-electron chi connectivity index (χ0n) is 20.5. The van der Waals surface area contributed by atoms with Crippen LogP contribution in [-0.4, -0.2) is 76.4 Å². The Morgan fingerprint density at radius 3 is 2.27 bits per heavy atom. The second-order valence-electron chi connectivity index (χ2n) is 8.32. The number of sulfonamides is 1. The summed E-state index contributed by atoms with van der Waals surface area (Å²) >= 11 is 5.86. The maximum Gasteiger partial charge on any atom is 0.245 e. The summed E-state index contributed by atoms with van der Waals surface area (Å²) < 4.78 is 60.7. The van der Waals surface area contributed by atoms with E-state index in [0.717, 1.165) is 0 Å². The van der Waals surface area contributed by atoms with Crippen molar-refractivity contribution < 1.29 is 27.0 Å². The van der Waals surface area contributed by atoms with Gasteiger partial charge in [0.25, 0.3) is 0 Å². The molecule has 16 heteroatoms. The molecule has 3 aromatic rings. The smallest absolute Gasteiger partial charge is 0.245 e. The molecule has 0 bridgehead atoms. The van der Waals surface area contributed by atoms with Crippen LogP contribution in [0.4, 0.5) is 10.3 Å². The molecule has 1 aliphatic rings. The molecule has 0 amide bonds. The average molecular weight is 557 g/mol. The van der Waals surface area contributed by atoms with E-state index in [9.17, 15) is 12.8 Å². The van der Waals surface area contributed by atoms with Gasteiger partial charge in [-0.15, -0.1) is 10.2 Å². The number of anilines is 1. The number of nitrogens with one attached hydrogen (secondary N) is 1. The van der Waals surface area contributed by atoms with Crippen molar-refractivity contribution in [2.75, 3.05) is 32.7 Å². The van der Waals surface area contributed by atoms with Crippen LogP contribution in [-0.2, 0) is 14.8 Å². The summed E-state index contributed by atoms with van der Waals surface area (Å²) in [6, 6.07) is 0. The van der Waals surface area contributed by atoms with Crippen LogP contribution in [0.3, 0.4) is 0 Å². The molecule has 0 unspecified atom stereocenters. The van der Waals surface area contributed by atoms with Crippen molar-refractivity contribution in [3.8, 4) is 17.4 Å². The Morgan fingerprint density at radius 2 is 1.76 bits per heavy atom. The van der Waals surface area contributed by atoms with E-state index in [4.69, 9.17) is 25.8 Å². The maximum atomic E-state index is 13.6. The highest BCUT2D eigenvalue weighted by atomic mass is 35.5. The van der Waals surface area contributed by atoms with Crippen LogP contribution in [0, 0.1) is 5.92 Å². The normalized spacial score (nSPS) is 19.1. The van der Waals surface area contributed by atoms with E-state index < -0.39 is 28.1 Å². The first-order valence-corrected chi connectivity index (χ1v) is 13.1. The van der Waals surface area contributed by atoms with Gasteiger partial charge in [0.05, 0.1) is 25.9 Å². The van der Waals surface area contributed by atoms with Crippen LogP contribution in [0.1, 0.15) is 43.4 Å². The predicted octanol–water partition coefficient (Wildman–Crippen LogP) is 2.50. The number of methoxy groups -OCH3 is 3. The van der Waals surface area contributed by atoms with Gasteiger partial charge in [-0.3, -0.25) is 13.7 Å². The van der Waals surface area contributed by atoms with E-state index in [1.807, 2.05) is 0 Å². The van der Waals surface area contributed by atoms with Gasteiger partial charge >= 0.3 is 0 Å². The summed E-state index contributed by atoms with van der Waals surface area (Å²) in [6.07, 6.45) is 4.21. The van der Waals surface area contributed by atoms with Crippen LogP contribution in [0.5, 0.6) is 11.8 Å². The van der Waals surface area contributed by atoms with Gasteiger partial charge in [-0.2, -0.15) is 9.97 Å². The SMILES string of the molecule is COc1ncnc(OC)c1-n1c(NS(=O)(=O)[C@@H](C)[C@H](OC)c2ncc(Cl)cn2)nnc1[C@H]1CC[C@@H]1CF. The fourth-order valence-corrected chi connectivity index (χ4v) is 5.34. The minimum absolute atomic E-state index is 0.0850. The molecule has 37 heavy (non-hydrogen) atoms. The number of hydrogen-bond donors (Lipinski definition) is 1. The lowest BCUT2D eigenvalue weighted by atomic mass is 9.74. The van der Waals surface area contributed by atoms with Crippen molar-refractivity contribution in [3.05, 3.63) is 35.4 Å². The van der Waals surface area contributed by atoms with Crippen LogP contribution in [0.2, 0.25) is 5.02 Å². The molecule has 1 aliphatic carbocycles. The first-order valence-electron chi connectivity index (χ1n) is 11.2. The second kappa shape index (κ2) is 11.1. The third-order valence-corrected chi connectivity index (χ3v) is 8.19. The van der Waals surface area contributed by atoms with E-state index in [1.165, 1.54) is 51.5 Å². The van der Waals surface area contributed by atoms with Crippen molar-refractivity contribution >= 4 is 27.6 Å². The third-order valence-electron chi connectivity index (χ3n) is 6.30. The standard InChI is InChI=1S/C21H26ClFN8O5S/c1-11(16(34-2)17-24-8-13(22)9-25-17)37(32,33)30-21-29-28-18(14-6-5-12(14)7-23)31(21)15-19(35-3)26-10-27-20(15)36-4/h8-12,14,16H,5-7H2,1-4H3,(H,29,30)/t11-,12+,14-,16-/m0/s1. The molecule has 1 saturated carbocycles. The van der Waals surface area contributed by atoms with E-state index in [0.29, 0.717) is 23.7 Å². The van der Waals surface area contributed by atoms with Gasteiger partial charge in [-0.1, -0.05) is 11.6 Å². The summed E-state index contributed by atoms with van der Waals surface area (Å²) in [4.78, 5) is 16.4. The number of aromatic nitrogens is 7. The van der Waals surface area contributed by atoms with Gasteiger partial charge in [0, 0.05) is 25.4 Å². The Kier molecular flexibility index (Phi) is 8.04. The number of alkyl halides is 1. The molecule has 0 aromatic carbocycles. The van der Waals surface area contributed by atoms with Crippen molar-refractivity contribution in [2.24, 2.45) is 5.92 Å². The Morgan fingerprint density at radius 1 is 1.11 bits per heavy atom. The van der Waals surface area contributed by atoms with E-state index in [1.54, 1.807) is 0 Å². The highest BCUT2D eigenvalue weighted by Gasteiger charge is 2.40. The molecule has 4 atom stereocenters. The van der Waals surface area contributed by atoms with Gasteiger partial charge in [0.2, 0.25) is 27.7 Å². The van der Waals surface area contributed by atoms with E-state index >= 15 is 0 Å². The molecule has 200 valence electrons. The number of rotatable bonds is 11. The monoisotopic (exact) mass is 556 g/mol. The number of ether oxygens (including phenoxy) is 3. The lowest BCUT2D eigenvalue weighted by molar-refractivity contribution is 0.0950. The molecule has 0 saturated heterocycles. The lowest BCUT2D eigenvalue weighted by Gasteiger charge is -2.34. The molecule has 1 N–H and O–H groups in total. The summed E-state index contributed by atoms with van der Waals surface area (Å²) in [5, 5.41) is 7.44. The molecule has 0 spiro atoms. The van der Waals surface area contributed by atoms with Crippen LogP contribution < -0.4 is 14.2 Å². The lowest BCUT2D eigenvalue weighted by Crippen LogP contribution is -2.34. The minimum atomic E-state index is -4.18. The molecule has 0 radical (unpaired) electrons. The Labute approximate surface area is 217 Å². The summed E-state index contributed by atoms with van der Waals surface area (Å²) in [7, 11) is -0.0472. The van der Waals surface area contributed by atoms with Crippen molar-refractivity contribution in [3.63, 3.8) is 0 Å². The Balaban J connectivity index is 1.78. The average Bonchev–Trinajstić information content (AvgIpc) is 3.25. The third kappa shape index (κ3) is 5.15. The molecule has 13 nitrogen and oxygen atoms in total. The number of halogens is 2. The highest BCUT2D eigenvalue weighted by Crippen LogP contribution is 2.45. The molecule has 4 rings (SSSR count). The quantitative estimate of drug-likeness (QED) is 0.370. The molecule has 1 fully saturated rings. The summed E-state index contributed by atoms with van der Waals surface area (Å²) in [5.74, 6) is -0.139. The van der Waals surface area contributed by atoms with E-state index in [2.05, 4.69) is 34.9 Å². The zero-order valence-corrected chi connectivity index (χ0v) is 22.1. The maximum absolute atomic E-state index is 13.6. The number of nitrogens with zero attached hydrogens (tertiary/aromatic N) is 7. The minimum Gasteiger partial charge on any atom is -0.479 e. The topological polar surface area (TPSA) is 156 Å². The first-order chi connectivity index (χ1) is 17.7. The van der Waals surface area contributed by atoms with Crippen molar-refractivity contribution in [1.82, 2.24) is 34.7 Å². The largest absolute Gasteiger partial charge is 0.479 e. The molecule has 0 aliphatic heterocycles. The molecule has 3 aromatic heterocycles. The van der Waals surface area contributed by atoms with Gasteiger partial charge in [0.15, 0.2) is 11.5 Å². The van der Waals surface area contributed by atoms with Crippen molar-refractivity contribution in [1.29, 1.82) is 0 Å². The first kappa shape index (κ1) is 26.9. The fourth-order valence-electron chi connectivity index (χ4n) is 4.11. The summed E-state index contributed by atoms with van der Waals surface area (Å²) in [6.45, 7) is 0.889. The number of hydrogen-bond acceptors (Lipinski definition) is 11. The van der Waals surface area contributed by atoms with Gasteiger partial charge in [0.1, 0.15) is 23.5 Å². The Hall–Kier alpha value is -3.17. The van der Waals surface area contributed by atoms with Crippen LogP contribution in [0.25, 0.3) is 5.69 Å². The molecular formula is C21H26ClFN8O5S. The molecule has 3 heterocycles. The van der Waals surface area contributed by atoms with E-state index in [-0.39, 0.29) is 41.1 Å².